The normalized spacial score (nSPS) is 12.8. The van der Waals surface area contributed by atoms with E-state index in [2.05, 4.69) is 0 Å². The summed E-state index contributed by atoms with van der Waals surface area (Å²) in [6, 6.07) is 3.63. The molecule has 1 aromatic carbocycles. The van der Waals surface area contributed by atoms with E-state index in [1.54, 1.807) is 0 Å². The average molecular weight is 214 g/mol. The van der Waals surface area contributed by atoms with Gasteiger partial charge in [0, 0.05) is 0 Å². The molecule has 0 aliphatic rings. The van der Waals surface area contributed by atoms with Gasteiger partial charge in [0.2, 0.25) is 0 Å². The van der Waals surface area contributed by atoms with Crippen molar-refractivity contribution < 1.29 is 13.9 Å². The van der Waals surface area contributed by atoms with Crippen LogP contribution in [-0.2, 0) is 0 Å². The van der Waals surface area contributed by atoms with Crippen molar-refractivity contribution in [2.45, 2.75) is 38.7 Å². The van der Waals surface area contributed by atoms with Crippen LogP contribution in [0.3, 0.4) is 0 Å². The third-order valence-corrected chi connectivity index (χ3v) is 2.41. The Hall–Kier alpha value is -0.960. The molecule has 0 fully saturated rings. The van der Waals surface area contributed by atoms with Gasteiger partial charge in [0.05, 0.1) is 11.7 Å². The van der Waals surface area contributed by atoms with Crippen LogP contribution in [-0.4, -0.2) is 5.11 Å². The quantitative estimate of drug-likeness (QED) is 0.743. The predicted octanol–water partition coefficient (Wildman–Crippen LogP) is 3.58. The van der Waals surface area contributed by atoms with Gasteiger partial charge in [0.15, 0.2) is 0 Å². The lowest BCUT2D eigenvalue weighted by Crippen LogP contribution is -2.04. The fraction of sp³-hybridized carbons (Fsp3) is 0.500. The second-order valence-electron chi connectivity index (χ2n) is 3.65. The maximum atomic E-state index is 13.2. The summed E-state index contributed by atoms with van der Waals surface area (Å²) in [6.45, 7) is 2.04. The molecule has 0 spiro atoms. The van der Waals surface area contributed by atoms with Gasteiger partial charge in [-0.1, -0.05) is 32.3 Å². The highest BCUT2D eigenvalue weighted by atomic mass is 19.1. The highest BCUT2D eigenvalue weighted by Gasteiger charge is 2.16. The van der Waals surface area contributed by atoms with Crippen LogP contribution in [0.1, 0.15) is 44.3 Å². The van der Waals surface area contributed by atoms with Gasteiger partial charge >= 0.3 is 0 Å². The number of hydrogen-bond donors (Lipinski definition) is 1. The number of unbranched alkanes of at least 4 members (excludes halogenated alkanes) is 2. The van der Waals surface area contributed by atoms with Gasteiger partial charge in [0.1, 0.15) is 11.6 Å². The van der Waals surface area contributed by atoms with Gasteiger partial charge in [-0.25, -0.2) is 8.78 Å². The zero-order valence-corrected chi connectivity index (χ0v) is 8.84. The first-order valence-electron chi connectivity index (χ1n) is 5.28. The molecule has 1 unspecified atom stereocenters. The maximum absolute atomic E-state index is 13.2. The first-order chi connectivity index (χ1) is 7.16. The van der Waals surface area contributed by atoms with Crippen molar-refractivity contribution in [1.29, 1.82) is 0 Å². The SMILES string of the molecule is CCCCCC(O)c1c(F)cccc1F. The Morgan fingerprint density at radius 1 is 1.20 bits per heavy atom. The number of rotatable bonds is 5. The fourth-order valence-electron chi connectivity index (χ4n) is 1.56. The van der Waals surface area contributed by atoms with E-state index in [9.17, 15) is 13.9 Å². The van der Waals surface area contributed by atoms with Crippen LogP contribution >= 0.6 is 0 Å². The Kier molecular flexibility index (Phi) is 4.69. The summed E-state index contributed by atoms with van der Waals surface area (Å²) in [5, 5.41) is 9.63. The third kappa shape index (κ3) is 3.27. The van der Waals surface area contributed by atoms with Crippen LogP contribution in [0.15, 0.2) is 18.2 Å². The molecular formula is C12H16F2O. The van der Waals surface area contributed by atoms with Crippen LogP contribution in [0.4, 0.5) is 8.78 Å². The molecule has 3 heteroatoms. The van der Waals surface area contributed by atoms with Crippen molar-refractivity contribution in [3.8, 4) is 0 Å². The highest BCUT2D eigenvalue weighted by molar-refractivity contribution is 5.21. The maximum Gasteiger partial charge on any atom is 0.131 e. The first-order valence-corrected chi connectivity index (χ1v) is 5.28. The molecule has 1 N–H and O–H groups in total. The van der Waals surface area contributed by atoms with Crippen LogP contribution in [0.2, 0.25) is 0 Å². The van der Waals surface area contributed by atoms with Crippen molar-refractivity contribution in [2.75, 3.05) is 0 Å². The Morgan fingerprint density at radius 3 is 2.33 bits per heavy atom. The minimum absolute atomic E-state index is 0.200. The van der Waals surface area contributed by atoms with E-state index < -0.39 is 17.7 Å². The summed E-state index contributed by atoms with van der Waals surface area (Å²) in [5.41, 5.74) is -0.200. The molecule has 84 valence electrons. The van der Waals surface area contributed by atoms with E-state index in [4.69, 9.17) is 0 Å². The second kappa shape index (κ2) is 5.81. The first kappa shape index (κ1) is 12.1. The zero-order valence-electron chi connectivity index (χ0n) is 8.84. The van der Waals surface area contributed by atoms with Gasteiger partial charge in [-0.2, -0.15) is 0 Å². The summed E-state index contributed by atoms with van der Waals surface area (Å²) in [4.78, 5) is 0. The summed E-state index contributed by atoms with van der Waals surface area (Å²) >= 11 is 0. The lowest BCUT2D eigenvalue weighted by molar-refractivity contribution is 0.154. The molecule has 0 aliphatic heterocycles. The molecule has 1 atom stereocenters. The van der Waals surface area contributed by atoms with Gasteiger partial charge in [-0.3, -0.25) is 0 Å². The summed E-state index contributed by atoms with van der Waals surface area (Å²) < 4.78 is 26.4. The topological polar surface area (TPSA) is 20.2 Å². The Balaban J connectivity index is 2.68. The number of benzene rings is 1. The van der Waals surface area contributed by atoms with Crippen molar-refractivity contribution in [3.63, 3.8) is 0 Å². The standard InChI is InChI=1S/C12H16F2O/c1-2-3-4-8-11(15)12-9(13)6-5-7-10(12)14/h5-7,11,15H,2-4,8H2,1H3. The second-order valence-corrected chi connectivity index (χ2v) is 3.65. The van der Waals surface area contributed by atoms with E-state index in [1.165, 1.54) is 18.2 Å². The highest BCUT2D eigenvalue weighted by Crippen LogP contribution is 2.24. The minimum atomic E-state index is -1.03. The van der Waals surface area contributed by atoms with Crippen molar-refractivity contribution in [3.05, 3.63) is 35.4 Å². The number of hydrogen-bond acceptors (Lipinski definition) is 1. The number of halogens is 2. The molecule has 1 aromatic rings. The minimum Gasteiger partial charge on any atom is -0.388 e. The molecule has 0 bridgehead atoms. The lowest BCUT2D eigenvalue weighted by atomic mass is 10.0. The molecule has 0 aliphatic carbocycles. The Morgan fingerprint density at radius 2 is 1.80 bits per heavy atom. The predicted molar refractivity (Wildman–Crippen MR) is 55.5 cm³/mol. The summed E-state index contributed by atoms with van der Waals surface area (Å²) in [7, 11) is 0. The van der Waals surface area contributed by atoms with E-state index >= 15 is 0 Å². The van der Waals surface area contributed by atoms with E-state index in [0.29, 0.717) is 6.42 Å². The van der Waals surface area contributed by atoms with Crippen LogP contribution in [0.5, 0.6) is 0 Å². The molecule has 1 nitrogen and oxygen atoms in total. The number of aliphatic hydroxyl groups excluding tert-OH is 1. The monoisotopic (exact) mass is 214 g/mol. The molecule has 0 amide bonds. The number of aliphatic hydroxyl groups is 1. The van der Waals surface area contributed by atoms with Gasteiger partial charge < -0.3 is 5.11 Å². The molecule has 15 heavy (non-hydrogen) atoms. The third-order valence-electron chi connectivity index (χ3n) is 2.41. The molecule has 1 rings (SSSR count). The molecule has 0 heterocycles. The van der Waals surface area contributed by atoms with E-state index in [-0.39, 0.29) is 5.56 Å². The van der Waals surface area contributed by atoms with Crippen molar-refractivity contribution in [1.82, 2.24) is 0 Å². The lowest BCUT2D eigenvalue weighted by Gasteiger charge is -2.12. The molecular weight excluding hydrogens is 198 g/mol. The molecule has 0 aromatic heterocycles. The summed E-state index contributed by atoms with van der Waals surface area (Å²) in [6.07, 6.45) is 2.15. The van der Waals surface area contributed by atoms with Crippen LogP contribution < -0.4 is 0 Å². The van der Waals surface area contributed by atoms with Crippen LogP contribution in [0, 0.1) is 11.6 Å². The summed E-state index contributed by atoms with van der Waals surface area (Å²) in [5.74, 6) is -1.34. The Labute approximate surface area is 88.7 Å². The largest absolute Gasteiger partial charge is 0.388 e. The average Bonchev–Trinajstić information content (AvgIpc) is 2.18. The molecule has 0 saturated carbocycles. The van der Waals surface area contributed by atoms with Crippen LogP contribution in [0.25, 0.3) is 0 Å². The van der Waals surface area contributed by atoms with Crippen molar-refractivity contribution >= 4 is 0 Å². The Bertz CT molecular complexity index is 292. The van der Waals surface area contributed by atoms with E-state index in [1.807, 2.05) is 6.92 Å². The zero-order chi connectivity index (χ0) is 11.3. The van der Waals surface area contributed by atoms with E-state index in [0.717, 1.165) is 19.3 Å². The van der Waals surface area contributed by atoms with Gasteiger partial charge in [-0.05, 0) is 18.6 Å². The molecule has 0 saturated heterocycles. The van der Waals surface area contributed by atoms with Gasteiger partial charge in [0.25, 0.3) is 0 Å². The van der Waals surface area contributed by atoms with Crippen molar-refractivity contribution in [2.24, 2.45) is 0 Å². The fourth-order valence-corrected chi connectivity index (χ4v) is 1.56. The smallest absolute Gasteiger partial charge is 0.131 e. The van der Waals surface area contributed by atoms with Gasteiger partial charge in [-0.15, -0.1) is 0 Å². The molecule has 0 radical (unpaired) electrons.